The topological polar surface area (TPSA) is 66.7 Å². The first-order valence-corrected chi connectivity index (χ1v) is 8.08. The summed E-state index contributed by atoms with van der Waals surface area (Å²) in [6.45, 7) is 1.89. The quantitative estimate of drug-likeness (QED) is 0.661. The molecule has 0 saturated carbocycles. The van der Waals surface area contributed by atoms with E-state index in [-0.39, 0.29) is 11.5 Å². The van der Waals surface area contributed by atoms with E-state index in [9.17, 15) is 9.59 Å². The van der Waals surface area contributed by atoms with E-state index >= 15 is 0 Å². The van der Waals surface area contributed by atoms with Crippen LogP contribution in [-0.2, 0) is 4.79 Å². The lowest BCUT2D eigenvalue weighted by Gasteiger charge is -2.09. The average Bonchev–Trinajstić information content (AvgIpc) is 2.77. The van der Waals surface area contributed by atoms with Crippen LogP contribution in [0.2, 0.25) is 0 Å². The maximum absolute atomic E-state index is 12.8. The molecule has 0 unspecified atom stereocenters. The second-order valence-electron chi connectivity index (χ2n) is 5.05. The number of nitrogens with zero attached hydrogens (tertiary/aromatic N) is 3. The number of pyridine rings is 1. The fraction of sp³-hybridized carbons (Fsp3) is 0.200. The fourth-order valence-electron chi connectivity index (χ4n) is 2.31. The lowest BCUT2D eigenvalue weighted by atomic mass is 10.2. The van der Waals surface area contributed by atoms with Crippen LogP contribution in [-0.4, -0.2) is 38.6 Å². The molecule has 1 aliphatic heterocycles. The van der Waals surface area contributed by atoms with Gasteiger partial charge in [0.15, 0.2) is 0 Å². The van der Waals surface area contributed by atoms with Crippen LogP contribution in [0.4, 0.5) is 5.82 Å². The van der Waals surface area contributed by atoms with Crippen molar-refractivity contribution in [2.24, 2.45) is 0 Å². The Bertz CT molecular complexity index is 933. The van der Waals surface area contributed by atoms with Crippen LogP contribution >= 0.6 is 24.0 Å². The zero-order valence-electron chi connectivity index (χ0n) is 12.8. The van der Waals surface area contributed by atoms with Crippen molar-refractivity contribution in [3.05, 3.63) is 44.7 Å². The lowest BCUT2D eigenvalue weighted by Crippen LogP contribution is -2.23. The standard InChI is InChI=1S/C15H14N4O2S2/c1-8-5-4-6-19-12(8)17-11(16-2)9(13(19)20)7-10-14(21)18(3)15(22)23-10/h4-7,16H,1-3H3/b10-7+. The Morgan fingerprint density at radius 1 is 1.39 bits per heavy atom. The van der Waals surface area contributed by atoms with Crippen molar-refractivity contribution < 1.29 is 4.79 Å². The number of anilines is 1. The minimum atomic E-state index is -0.232. The number of hydrogen-bond acceptors (Lipinski definition) is 6. The highest BCUT2D eigenvalue weighted by Crippen LogP contribution is 2.31. The molecule has 3 heterocycles. The summed E-state index contributed by atoms with van der Waals surface area (Å²) in [5, 5.41) is 2.93. The number of carbonyl (C=O) groups excluding carboxylic acids is 1. The number of hydrogen-bond donors (Lipinski definition) is 1. The lowest BCUT2D eigenvalue weighted by molar-refractivity contribution is -0.121. The zero-order chi connectivity index (χ0) is 16.7. The molecule has 2 aromatic rings. The molecule has 23 heavy (non-hydrogen) atoms. The van der Waals surface area contributed by atoms with E-state index in [2.05, 4.69) is 10.3 Å². The van der Waals surface area contributed by atoms with Gasteiger partial charge in [-0.3, -0.25) is 18.9 Å². The summed E-state index contributed by atoms with van der Waals surface area (Å²) in [5.41, 5.74) is 1.59. The number of aryl methyl sites for hydroxylation is 1. The summed E-state index contributed by atoms with van der Waals surface area (Å²) in [5.74, 6) is 0.224. The number of amides is 1. The van der Waals surface area contributed by atoms with Crippen LogP contribution in [0, 0.1) is 6.92 Å². The predicted molar refractivity (Wildman–Crippen MR) is 96.7 cm³/mol. The van der Waals surface area contributed by atoms with E-state index in [0.717, 1.165) is 5.56 Å². The van der Waals surface area contributed by atoms with Crippen LogP contribution in [0.15, 0.2) is 28.0 Å². The number of likely N-dealkylation sites (N-methyl/N-ethyl adjacent to an activating group) is 1. The molecule has 8 heteroatoms. The normalized spacial score (nSPS) is 16.7. The van der Waals surface area contributed by atoms with Gasteiger partial charge in [-0.15, -0.1) is 0 Å². The second-order valence-corrected chi connectivity index (χ2v) is 6.73. The van der Waals surface area contributed by atoms with Gasteiger partial charge in [0.05, 0.1) is 10.5 Å². The second kappa shape index (κ2) is 5.78. The Kier molecular flexibility index (Phi) is 3.95. The Labute approximate surface area is 142 Å². The van der Waals surface area contributed by atoms with Gasteiger partial charge in [0, 0.05) is 20.3 Å². The van der Waals surface area contributed by atoms with E-state index < -0.39 is 0 Å². The third kappa shape index (κ3) is 2.53. The first-order chi connectivity index (χ1) is 10.9. The minimum absolute atomic E-state index is 0.212. The van der Waals surface area contributed by atoms with Crippen molar-refractivity contribution >= 4 is 51.7 Å². The molecule has 0 aliphatic carbocycles. The summed E-state index contributed by atoms with van der Waals surface area (Å²) in [7, 11) is 3.31. The Morgan fingerprint density at radius 2 is 2.13 bits per heavy atom. The Morgan fingerprint density at radius 3 is 2.74 bits per heavy atom. The Balaban J connectivity index is 2.26. The third-order valence-corrected chi connectivity index (χ3v) is 5.07. The minimum Gasteiger partial charge on any atom is -0.372 e. The van der Waals surface area contributed by atoms with E-state index in [0.29, 0.717) is 26.3 Å². The van der Waals surface area contributed by atoms with Crippen molar-refractivity contribution in [1.29, 1.82) is 0 Å². The highest BCUT2D eigenvalue weighted by atomic mass is 32.2. The van der Waals surface area contributed by atoms with Crippen molar-refractivity contribution in [2.75, 3.05) is 19.4 Å². The number of fused-ring (bicyclic) bond motifs is 1. The third-order valence-electron chi connectivity index (χ3n) is 3.58. The number of thiocarbonyl (C=S) groups is 1. The molecular weight excluding hydrogens is 332 g/mol. The predicted octanol–water partition coefficient (Wildman–Crippen LogP) is 1.88. The molecule has 0 bridgehead atoms. The van der Waals surface area contributed by atoms with Crippen molar-refractivity contribution in [3.63, 3.8) is 0 Å². The van der Waals surface area contributed by atoms with Crippen LogP contribution in [0.5, 0.6) is 0 Å². The highest BCUT2D eigenvalue weighted by molar-refractivity contribution is 8.26. The van der Waals surface area contributed by atoms with Crippen LogP contribution in [0.25, 0.3) is 11.7 Å². The van der Waals surface area contributed by atoms with Crippen molar-refractivity contribution in [2.45, 2.75) is 6.92 Å². The maximum atomic E-state index is 12.8. The van der Waals surface area contributed by atoms with E-state index in [4.69, 9.17) is 12.2 Å². The zero-order valence-corrected chi connectivity index (χ0v) is 14.4. The summed E-state index contributed by atoms with van der Waals surface area (Å²) in [6.07, 6.45) is 3.22. The molecule has 0 aromatic carbocycles. The molecule has 0 radical (unpaired) electrons. The van der Waals surface area contributed by atoms with Gasteiger partial charge in [-0.2, -0.15) is 0 Å². The highest BCUT2D eigenvalue weighted by Gasteiger charge is 2.29. The summed E-state index contributed by atoms with van der Waals surface area (Å²) >= 11 is 6.29. The van der Waals surface area contributed by atoms with Gasteiger partial charge >= 0.3 is 0 Å². The number of rotatable bonds is 2. The fourth-order valence-corrected chi connectivity index (χ4v) is 3.47. The van der Waals surface area contributed by atoms with Gasteiger partial charge in [-0.25, -0.2) is 4.98 Å². The average molecular weight is 346 g/mol. The van der Waals surface area contributed by atoms with Gasteiger partial charge in [0.2, 0.25) is 0 Å². The molecule has 6 nitrogen and oxygen atoms in total. The molecule has 118 valence electrons. The molecule has 1 saturated heterocycles. The van der Waals surface area contributed by atoms with Crippen molar-refractivity contribution in [1.82, 2.24) is 14.3 Å². The van der Waals surface area contributed by atoms with Crippen LogP contribution in [0.3, 0.4) is 0 Å². The Hall–Kier alpha value is -2.19. The maximum Gasteiger partial charge on any atom is 0.267 e. The van der Waals surface area contributed by atoms with E-state index in [1.54, 1.807) is 32.4 Å². The van der Waals surface area contributed by atoms with Crippen LogP contribution in [0.1, 0.15) is 11.1 Å². The molecule has 0 spiro atoms. The number of thioether (sulfide) groups is 1. The van der Waals surface area contributed by atoms with Gasteiger partial charge in [0.1, 0.15) is 15.8 Å². The molecular formula is C15H14N4O2S2. The SMILES string of the molecule is CNc1nc2c(C)cccn2c(=O)c1/C=C1/SC(=S)N(C)C1=O. The van der Waals surface area contributed by atoms with E-state index in [1.807, 2.05) is 13.0 Å². The molecule has 1 N–H and O–H groups in total. The van der Waals surface area contributed by atoms with Gasteiger partial charge in [0.25, 0.3) is 11.5 Å². The van der Waals surface area contributed by atoms with Gasteiger partial charge in [-0.05, 0) is 24.6 Å². The summed E-state index contributed by atoms with van der Waals surface area (Å²) < 4.78 is 1.95. The monoisotopic (exact) mass is 346 g/mol. The molecule has 1 aliphatic rings. The number of nitrogens with one attached hydrogen (secondary N) is 1. The molecule has 1 fully saturated rings. The first kappa shape index (κ1) is 15.7. The number of carbonyl (C=O) groups is 1. The first-order valence-electron chi connectivity index (χ1n) is 6.85. The summed E-state index contributed by atoms with van der Waals surface area (Å²) in [4.78, 5) is 31.2. The summed E-state index contributed by atoms with van der Waals surface area (Å²) in [6, 6.07) is 3.68. The molecule has 1 amide bonds. The van der Waals surface area contributed by atoms with Gasteiger partial charge in [-0.1, -0.05) is 30.0 Å². The number of aromatic nitrogens is 2. The molecule has 3 rings (SSSR count). The van der Waals surface area contributed by atoms with Crippen molar-refractivity contribution in [3.8, 4) is 0 Å². The molecule has 2 aromatic heterocycles. The van der Waals surface area contributed by atoms with Crippen LogP contribution < -0.4 is 10.9 Å². The van der Waals surface area contributed by atoms with E-state index in [1.165, 1.54) is 21.1 Å². The van der Waals surface area contributed by atoms with Gasteiger partial charge < -0.3 is 5.32 Å². The smallest absolute Gasteiger partial charge is 0.267 e. The molecule has 0 atom stereocenters. The largest absolute Gasteiger partial charge is 0.372 e.